The van der Waals surface area contributed by atoms with Crippen LogP contribution in [0.15, 0.2) is 73.2 Å². The zero-order valence-electron chi connectivity index (χ0n) is 18.5. The monoisotopic (exact) mass is 452 g/mol. The summed E-state index contributed by atoms with van der Waals surface area (Å²) in [5.74, 6) is 5.87. The Morgan fingerprint density at radius 2 is 1.88 bits per heavy atom. The Morgan fingerprint density at radius 1 is 1.09 bits per heavy atom. The second-order valence-corrected chi connectivity index (χ2v) is 8.51. The second-order valence-electron chi connectivity index (χ2n) is 8.51. The maximum atomic E-state index is 12.9. The molecule has 1 aromatic heterocycles. The molecule has 0 spiro atoms. The van der Waals surface area contributed by atoms with Gasteiger partial charge in [0.05, 0.1) is 24.9 Å². The Balaban J connectivity index is 1.31. The highest BCUT2D eigenvalue weighted by Gasteiger charge is 2.54. The molecule has 2 amide bonds. The Labute approximate surface area is 198 Å². The molecule has 0 saturated carbocycles. The zero-order valence-corrected chi connectivity index (χ0v) is 18.5. The van der Waals surface area contributed by atoms with Crippen LogP contribution in [0.3, 0.4) is 0 Å². The van der Waals surface area contributed by atoms with Gasteiger partial charge in [-0.25, -0.2) is 4.98 Å². The molecule has 3 heterocycles. The SMILES string of the molecule is O=C(c1cnccn1)N1CC(=O)N2[C@H](C1)[C@@H](c1ccc(C#CCc3ccccc3)cc1)[C@@H]2CO. The first-order valence-electron chi connectivity index (χ1n) is 11.3. The number of fused-ring (bicyclic) bond motifs is 1. The number of aromatic nitrogens is 2. The minimum atomic E-state index is -0.309. The summed E-state index contributed by atoms with van der Waals surface area (Å²) in [7, 11) is 0. The molecule has 3 atom stereocenters. The van der Waals surface area contributed by atoms with Gasteiger partial charge >= 0.3 is 0 Å². The molecule has 0 unspecified atom stereocenters. The van der Waals surface area contributed by atoms with E-state index >= 15 is 0 Å². The smallest absolute Gasteiger partial charge is 0.274 e. The summed E-state index contributed by atoms with van der Waals surface area (Å²) in [6.45, 7) is 0.246. The van der Waals surface area contributed by atoms with Gasteiger partial charge in [-0.15, -0.1) is 0 Å². The number of hydrogen-bond acceptors (Lipinski definition) is 5. The van der Waals surface area contributed by atoms with E-state index in [2.05, 4.69) is 33.9 Å². The minimum Gasteiger partial charge on any atom is -0.394 e. The molecule has 0 bridgehead atoms. The first-order chi connectivity index (χ1) is 16.7. The van der Waals surface area contributed by atoms with Crippen LogP contribution in [0.4, 0.5) is 0 Å². The zero-order chi connectivity index (χ0) is 23.5. The lowest BCUT2D eigenvalue weighted by Crippen LogP contribution is -2.73. The number of benzene rings is 2. The molecule has 1 N–H and O–H groups in total. The lowest BCUT2D eigenvalue weighted by molar-refractivity contribution is -0.159. The van der Waals surface area contributed by atoms with Gasteiger partial charge in [0, 0.05) is 36.8 Å². The standard InChI is InChI=1S/C27H24N4O3/c32-18-24-26(21-11-9-20(10-12-21)8-4-7-19-5-2-1-3-6-19)23-16-30(17-25(33)31(23)24)27(34)22-15-28-13-14-29-22/h1-3,5-6,9-15,23-24,26,32H,7,16-18H2/t23-,24+,26-/m1/s1. The van der Waals surface area contributed by atoms with Crippen molar-refractivity contribution in [2.24, 2.45) is 0 Å². The van der Waals surface area contributed by atoms with Crippen LogP contribution in [0, 0.1) is 11.8 Å². The summed E-state index contributed by atoms with van der Waals surface area (Å²) in [6, 6.07) is 17.6. The van der Waals surface area contributed by atoms with Gasteiger partial charge in [0.2, 0.25) is 5.91 Å². The fourth-order valence-corrected chi connectivity index (χ4v) is 4.86. The molecule has 2 aliphatic rings. The van der Waals surface area contributed by atoms with E-state index in [1.807, 2.05) is 42.5 Å². The highest BCUT2D eigenvalue weighted by molar-refractivity contribution is 5.96. The normalized spacial score (nSPS) is 21.2. The molecule has 0 aliphatic carbocycles. The van der Waals surface area contributed by atoms with Crippen LogP contribution >= 0.6 is 0 Å². The van der Waals surface area contributed by atoms with Crippen LogP contribution < -0.4 is 0 Å². The van der Waals surface area contributed by atoms with Crippen molar-refractivity contribution >= 4 is 11.8 Å². The lowest BCUT2D eigenvalue weighted by Gasteiger charge is -2.58. The first-order valence-corrected chi connectivity index (χ1v) is 11.3. The van der Waals surface area contributed by atoms with E-state index in [1.54, 1.807) is 4.90 Å². The summed E-state index contributed by atoms with van der Waals surface area (Å²) >= 11 is 0. The third-order valence-corrected chi connectivity index (χ3v) is 6.49. The van der Waals surface area contributed by atoms with Gasteiger partial charge in [-0.05, 0) is 23.3 Å². The molecule has 3 aromatic rings. The molecule has 7 heteroatoms. The molecule has 0 radical (unpaired) electrons. The van der Waals surface area contributed by atoms with Crippen LogP contribution in [-0.4, -0.2) is 68.5 Å². The predicted octanol–water partition coefficient (Wildman–Crippen LogP) is 1.88. The number of nitrogens with zero attached hydrogens (tertiary/aromatic N) is 4. The number of aliphatic hydroxyl groups excluding tert-OH is 1. The van der Waals surface area contributed by atoms with Crippen molar-refractivity contribution in [3.63, 3.8) is 0 Å². The van der Waals surface area contributed by atoms with E-state index < -0.39 is 0 Å². The molecule has 2 fully saturated rings. The molecule has 34 heavy (non-hydrogen) atoms. The van der Waals surface area contributed by atoms with E-state index in [1.165, 1.54) is 29.1 Å². The van der Waals surface area contributed by atoms with Crippen molar-refractivity contribution in [1.29, 1.82) is 0 Å². The molecular formula is C27H24N4O3. The highest BCUT2D eigenvalue weighted by atomic mass is 16.3. The quantitative estimate of drug-likeness (QED) is 0.611. The number of amides is 2. The van der Waals surface area contributed by atoms with E-state index in [0.29, 0.717) is 13.0 Å². The van der Waals surface area contributed by atoms with Gasteiger partial charge in [-0.1, -0.05) is 54.3 Å². The number of rotatable bonds is 4. The van der Waals surface area contributed by atoms with Crippen molar-refractivity contribution in [1.82, 2.24) is 19.8 Å². The second kappa shape index (κ2) is 9.46. The van der Waals surface area contributed by atoms with E-state index in [4.69, 9.17) is 0 Å². The third kappa shape index (κ3) is 4.16. The van der Waals surface area contributed by atoms with Crippen LogP contribution in [0.5, 0.6) is 0 Å². The summed E-state index contributed by atoms with van der Waals surface area (Å²) in [6.07, 6.45) is 5.06. The Morgan fingerprint density at radius 3 is 2.59 bits per heavy atom. The van der Waals surface area contributed by atoms with E-state index in [9.17, 15) is 14.7 Å². The number of carbonyl (C=O) groups excluding carboxylic acids is 2. The maximum absolute atomic E-state index is 12.9. The van der Waals surface area contributed by atoms with Crippen molar-refractivity contribution in [3.05, 3.63) is 95.6 Å². The summed E-state index contributed by atoms with van der Waals surface area (Å²) in [5, 5.41) is 9.99. The van der Waals surface area contributed by atoms with Gasteiger partial charge in [-0.2, -0.15) is 0 Å². The van der Waals surface area contributed by atoms with Gasteiger partial charge in [0.25, 0.3) is 5.91 Å². The van der Waals surface area contributed by atoms with Crippen molar-refractivity contribution < 1.29 is 14.7 Å². The molecule has 7 nitrogen and oxygen atoms in total. The van der Waals surface area contributed by atoms with Crippen molar-refractivity contribution in [3.8, 4) is 11.8 Å². The molecule has 2 aromatic carbocycles. The Hall–Kier alpha value is -4.02. The fourth-order valence-electron chi connectivity index (χ4n) is 4.86. The molecule has 5 rings (SSSR count). The minimum absolute atomic E-state index is 0.0227. The van der Waals surface area contributed by atoms with Crippen molar-refractivity contribution in [2.75, 3.05) is 19.7 Å². The van der Waals surface area contributed by atoms with Gasteiger partial charge < -0.3 is 14.9 Å². The van der Waals surface area contributed by atoms with Crippen LogP contribution in [-0.2, 0) is 11.2 Å². The first kappa shape index (κ1) is 21.8. The number of aliphatic hydroxyl groups is 1. The Bertz CT molecular complexity index is 1240. The van der Waals surface area contributed by atoms with E-state index in [-0.39, 0.29) is 48.7 Å². The average molecular weight is 453 g/mol. The van der Waals surface area contributed by atoms with Gasteiger partial charge in [-0.3, -0.25) is 14.6 Å². The maximum Gasteiger partial charge on any atom is 0.274 e. The number of carbonyl (C=O) groups is 2. The van der Waals surface area contributed by atoms with Crippen LogP contribution in [0.2, 0.25) is 0 Å². The average Bonchev–Trinajstić information content (AvgIpc) is 2.87. The summed E-state index contributed by atoms with van der Waals surface area (Å²) in [4.78, 5) is 36.9. The number of piperazine rings is 1. The molecule has 2 aliphatic heterocycles. The summed E-state index contributed by atoms with van der Waals surface area (Å²) < 4.78 is 0. The van der Waals surface area contributed by atoms with Gasteiger partial charge in [0.15, 0.2) is 0 Å². The fraction of sp³-hybridized carbons (Fsp3) is 0.259. The molecule has 2 saturated heterocycles. The predicted molar refractivity (Wildman–Crippen MR) is 126 cm³/mol. The van der Waals surface area contributed by atoms with Crippen molar-refractivity contribution in [2.45, 2.75) is 24.4 Å². The third-order valence-electron chi connectivity index (χ3n) is 6.49. The summed E-state index contributed by atoms with van der Waals surface area (Å²) in [5.41, 5.74) is 3.33. The van der Waals surface area contributed by atoms with Crippen LogP contribution in [0.1, 0.15) is 33.1 Å². The topological polar surface area (TPSA) is 86.6 Å². The molecular weight excluding hydrogens is 428 g/mol. The molecule has 170 valence electrons. The highest BCUT2D eigenvalue weighted by Crippen LogP contribution is 2.43. The Kier molecular flexibility index (Phi) is 6.07. The van der Waals surface area contributed by atoms with Gasteiger partial charge in [0.1, 0.15) is 12.2 Å². The van der Waals surface area contributed by atoms with Crippen LogP contribution in [0.25, 0.3) is 0 Å². The van der Waals surface area contributed by atoms with E-state index in [0.717, 1.165) is 11.1 Å². The number of hydrogen-bond donors (Lipinski definition) is 1. The largest absolute Gasteiger partial charge is 0.394 e. The lowest BCUT2D eigenvalue weighted by atomic mass is 9.73.